The molecule has 7 heteroatoms. The number of hydrogen-bond acceptors (Lipinski definition) is 4. The molecule has 0 spiro atoms. The van der Waals surface area contributed by atoms with Gasteiger partial charge in [0.1, 0.15) is 11.9 Å². The van der Waals surface area contributed by atoms with E-state index in [9.17, 15) is 9.18 Å². The molecule has 2 N–H and O–H groups in total. The number of nitrogens with one attached hydrogen (secondary N) is 2. The van der Waals surface area contributed by atoms with Crippen molar-refractivity contribution in [2.24, 2.45) is 7.05 Å². The fourth-order valence-electron chi connectivity index (χ4n) is 3.82. The number of halogens is 1. The van der Waals surface area contributed by atoms with Crippen LogP contribution in [0.2, 0.25) is 0 Å². The molecule has 1 aromatic carbocycles. The van der Waals surface area contributed by atoms with Gasteiger partial charge in [-0.25, -0.2) is 15.2 Å². The van der Waals surface area contributed by atoms with Crippen LogP contribution in [0.3, 0.4) is 0 Å². The molecule has 6 nitrogen and oxygen atoms in total. The number of rotatable bonds is 3. The third-order valence-electron chi connectivity index (χ3n) is 5.12. The van der Waals surface area contributed by atoms with Crippen LogP contribution in [-0.2, 0) is 11.8 Å². The smallest absolute Gasteiger partial charge is 0.241 e. The largest absolute Gasteiger partial charge is 0.334 e. The quantitative estimate of drug-likeness (QED) is 0.893. The average molecular weight is 343 g/mol. The third-order valence-corrected chi connectivity index (χ3v) is 5.12. The highest BCUT2D eigenvalue weighted by molar-refractivity contribution is 5.83. The van der Waals surface area contributed by atoms with Crippen molar-refractivity contribution >= 4 is 5.91 Å². The lowest BCUT2D eigenvalue weighted by molar-refractivity contribution is -0.134. The van der Waals surface area contributed by atoms with Crippen molar-refractivity contribution in [1.82, 2.24) is 25.5 Å². The second-order valence-corrected chi connectivity index (χ2v) is 6.82. The summed E-state index contributed by atoms with van der Waals surface area (Å²) in [5.41, 5.74) is 8.36. The number of amides is 1. The van der Waals surface area contributed by atoms with Gasteiger partial charge in [0, 0.05) is 31.4 Å². The van der Waals surface area contributed by atoms with Crippen molar-refractivity contribution in [3.05, 3.63) is 53.6 Å². The predicted molar refractivity (Wildman–Crippen MR) is 90.7 cm³/mol. The van der Waals surface area contributed by atoms with E-state index in [4.69, 9.17) is 0 Å². The highest BCUT2D eigenvalue weighted by atomic mass is 19.1. The molecule has 0 radical (unpaired) electrons. The fraction of sp³-hybridized carbons (Fsp3) is 0.444. The van der Waals surface area contributed by atoms with E-state index in [0.29, 0.717) is 6.42 Å². The number of likely N-dealkylation sites (tertiary alicyclic amines) is 1. The normalized spacial score (nSPS) is 26.3. The number of nitrogens with zero attached hydrogens (tertiary/aromatic N) is 3. The molecule has 3 unspecified atom stereocenters. The molecule has 2 saturated heterocycles. The lowest BCUT2D eigenvalue weighted by Gasteiger charge is -2.26. The zero-order valence-electron chi connectivity index (χ0n) is 14.2. The van der Waals surface area contributed by atoms with Gasteiger partial charge < -0.3 is 4.90 Å². The van der Waals surface area contributed by atoms with E-state index < -0.39 is 0 Å². The van der Waals surface area contributed by atoms with Gasteiger partial charge >= 0.3 is 0 Å². The number of aromatic nitrogens is 2. The molecule has 0 bridgehead atoms. The summed E-state index contributed by atoms with van der Waals surface area (Å²) in [6.45, 7) is 0.776. The Labute approximate surface area is 146 Å². The van der Waals surface area contributed by atoms with Crippen LogP contribution in [0, 0.1) is 5.82 Å². The highest BCUT2D eigenvalue weighted by Crippen LogP contribution is 2.33. The number of hydrogen-bond donors (Lipinski definition) is 2. The topological polar surface area (TPSA) is 62.2 Å². The summed E-state index contributed by atoms with van der Waals surface area (Å²) >= 11 is 0. The zero-order chi connectivity index (χ0) is 17.4. The van der Waals surface area contributed by atoms with Crippen molar-refractivity contribution in [2.45, 2.75) is 37.4 Å². The van der Waals surface area contributed by atoms with Crippen LogP contribution >= 0.6 is 0 Å². The number of carbonyl (C=O) groups is 1. The van der Waals surface area contributed by atoms with E-state index >= 15 is 0 Å². The minimum absolute atomic E-state index is 0.00833. The van der Waals surface area contributed by atoms with Crippen LogP contribution in [0.25, 0.3) is 0 Å². The molecule has 2 fully saturated rings. The highest BCUT2D eigenvalue weighted by Gasteiger charge is 2.38. The molecule has 2 aliphatic heterocycles. The van der Waals surface area contributed by atoms with Gasteiger partial charge in [-0.1, -0.05) is 12.1 Å². The van der Waals surface area contributed by atoms with Gasteiger partial charge in [0.25, 0.3) is 0 Å². The lowest BCUT2D eigenvalue weighted by Crippen LogP contribution is -2.45. The van der Waals surface area contributed by atoms with Crippen molar-refractivity contribution in [2.75, 3.05) is 6.54 Å². The van der Waals surface area contributed by atoms with Gasteiger partial charge in [-0.2, -0.15) is 5.10 Å². The van der Waals surface area contributed by atoms with Crippen LogP contribution in [0.1, 0.15) is 42.5 Å². The first kappa shape index (κ1) is 16.2. The number of hydrazine groups is 1. The molecule has 3 heterocycles. The molecular weight excluding hydrogens is 321 g/mol. The first-order chi connectivity index (χ1) is 12.1. The predicted octanol–water partition coefficient (Wildman–Crippen LogP) is 1.83. The van der Waals surface area contributed by atoms with Crippen LogP contribution in [-0.4, -0.2) is 33.2 Å². The Morgan fingerprint density at radius 1 is 1.24 bits per heavy atom. The van der Waals surface area contributed by atoms with Crippen LogP contribution < -0.4 is 10.9 Å². The van der Waals surface area contributed by atoms with Crippen molar-refractivity contribution in [3.63, 3.8) is 0 Å². The first-order valence-corrected chi connectivity index (χ1v) is 8.67. The summed E-state index contributed by atoms with van der Waals surface area (Å²) in [5, 5.41) is 4.23. The van der Waals surface area contributed by atoms with E-state index in [1.807, 2.05) is 24.3 Å². The van der Waals surface area contributed by atoms with Crippen LogP contribution in [0.5, 0.6) is 0 Å². The third kappa shape index (κ3) is 3.17. The molecule has 1 aromatic heterocycles. The van der Waals surface area contributed by atoms with E-state index in [0.717, 1.165) is 30.5 Å². The molecule has 3 atom stereocenters. The van der Waals surface area contributed by atoms with E-state index in [2.05, 4.69) is 16.0 Å². The van der Waals surface area contributed by atoms with E-state index in [-0.39, 0.29) is 29.8 Å². The fourth-order valence-corrected chi connectivity index (χ4v) is 3.82. The lowest BCUT2D eigenvalue weighted by atomic mass is 10.0. The molecule has 0 saturated carbocycles. The van der Waals surface area contributed by atoms with Gasteiger partial charge in [0.05, 0.1) is 12.2 Å². The maximum absolute atomic E-state index is 13.1. The molecule has 2 aliphatic rings. The van der Waals surface area contributed by atoms with Gasteiger partial charge in [-0.05, 0) is 37.0 Å². The Hall–Kier alpha value is -2.25. The standard InChI is InChI=1S/C18H22FN5O/c1-23-11-13(10-20-23)17-3-2-8-24(17)18(25)16-9-15(21-22-16)12-4-6-14(19)7-5-12/h4-7,10-11,15-17,21-22H,2-3,8-9H2,1H3. The molecular formula is C18H22FN5O. The van der Waals surface area contributed by atoms with E-state index in [1.165, 1.54) is 12.1 Å². The molecule has 25 heavy (non-hydrogen) atoms. The molecule has 132 valence electrons. The Morgan fingerprint density at radius 2 is 2.04 bits per heavy atom. The van der Waals surface area contributed by atoms with Gasteiger partial charge in [0.2, 0.25) is 5.91 Å². The average Bonchev–Trinajstić information content (AvgIpc) is 3.35. The van der Waals surface area contributed by atoms with Crippen molar-refractivity contribution in [1.29, 1.82) is 0 Å². The van der Waals surface area contributed by atoms with Crippen molar-refractivity contribution in [3.8, 4) is 0 Å². The van der Waals surface area contributed by atoms with Gasteiger partial charge in [-0.3, -0.25) is 9.48 Å². The monoisotopic (exact) mass is 343 g/mol. The van der Waals surface area contributed by atoms with Crippen LogP contribution in [0.15, 0.2) is 36.7 Å². The number of carbonyl (C=O) groups excluding carboxylic acids is 1. The Kier molecular flexibility index (Phi) is 4.27. The van der Waals surface area contributed by atoms with Crippen molar-refractivity contribution < 1.29 is 9.18 Å². The molecule has 1 amide bonds. The second kappa shape index (κ2) is 6.57. The zero-order valence-corrected chi connectivity index (χ0v) is 14.2. The number of aryl methyl sites for hydroxylation is 1. The summed E-state index contributed by atoms with van der Waals surface area (Å²) in [5.74, 6) is -0.137. The minimum atomic E-state index is -0.271. The van der Waals surface area contributed by atoms with E-state index in [1.54, 1.807) is 16.8 Å². The minimum Gasteiger partial charge on any atom is -0.334 e. The molecule has 4 rings (SSSR count). The summed E-state index contributed by atoms with van der Waals surface area (Å²) in [6.07, 6.45) is 6.46. The maximum atomic E-state index is 13.1. The van der Waals surface area contributed by atoms with Gasteiger partial charge in [-0.15, -0.1) is 0 Å². The Bertz CT molecular complexity index is 759. The number of benzene rings is 1. The van der Waals surface area contributed by atoms with Gasteiger partial charge in [0.15, 0.2) is 0 Å². The summed E-state index contributed by atoms with van der Waals surface area (Å²) in [4.78, 5) is 15.0. The van der Waals surface area contributed by atoms with Crippen LogP contribution in [0.4, 0.5) is 4.39 Å². The summed E-state index contributed by atoms with van der Waals surface area (Å²) < 4.78 is 14.9. The summed E-state index contributed by atoms with van der Waals surface area (Å²) in [7, 11) is 1.89. The molecule has 0 aliphatic carbocycles. The Balaban J connectivity index is 1.45. The maximum Gasteiger partial charge on any atom is 0.241 e. The first-order valence-electron chi connectivity index (χ1n) is 8.67. The second-order valence-electron chi connectivity index (χ2n) is 6.82. The SMILES string of the molecule is Cn1cc(C2CCCN2C(=O)C2CC(c3ccc(F)cc3)NN2)cn1. The Morgan fingerprint density at radius 3 is 2.76 bits per heavy atom. The summed E-state index contributed by atoms with van der Waals surface area (Å²) in [6, 6.07) is 6.26. The molecule has 2 aromatic rings.